The zero-order valence-corrected chi connectivity index (χ0v) is 14.4. The van der Waals surface area contributed by atoms with Gasteiger partial charge in [0.05, 0.1) is 6.04 Å². The van der Waals surface area contributed by atoms with Crippen molar-refractivity contribution in [3.05, 3.63) is 41.3 Å². The van der Waals surface area contributed by atoms with Crippen LogP contribution < -0.4 is 4.72 Å². The third-order valence-electron chi connectivity index (χ3n) is 4.04. The Morgan fingerprint density at radius 3 is 2.65 bits per heavy atom. The monoisotopic (exact) mass is 336 g/mol. The molecule has 1 heterocycles. The van der Waals surface area contributed by atoms with Gasteiger partial charge in [-0.1, -0.05) is 30.3 Å². The van der Waals surface area contributed by atoms with Gasteiger partial charge >= 0.3 is 0 Å². The molecule has 6 heteroatoms. The molecule has 0 radical (unpaired) electrons. The lowest BCUT2D eigenvalue weighted by molar-refractivity contribution is -0.135. The number of nitrogens with zero attached hydrogens (tertiary/aromatic N) is 1. The van der Waals surface area contributed by atoms with Gasteiger partial charge in [0.25, 0.3) is 0 Å². The molecular formula is C17H24N2O3S. The van der Waals surface area contributed by atoms with Crippen LogP contribution in [0.25, 0.3) is 6.08 Å². The van der Waals surface area contributed by atoms with E-state index >= 15 is 0 Å². The highest BCUT2D eigenvalue weighted by molar-refractivity contribution is 7.92. The van der Waals surface area contributed by atoms with E-state index in [9.17, 15) is 13.2 Å². The van der Waals surface area contributed by atoms with Crippen molar-refractivity contribution in [2.75, 3.05) is 6.54 Å². The third kappa shape index (κ3) is 5.18. The van der Waals surface area contributed by atoms with Crippen molar-refractivity contribution >= 4 is 22.0 Å². The fraction of sp³-hybridized carbons (Fsp3) is 0.471. The average Bonchev–Trinajstić information content (AvgIpc) is 2.53. The minimum absolute atomic E-state index is 0.158. The van der Waals surface area contributed by atoms with Crippen molar-refractivity contribution in [2.45, 2.75) is 45.2 Å². The molecule has 0 aliphatic carbocycles. The Kier molecular flexibility index (Phi) is 5.96. The van der Waals surface area contributed by atoms with Gasteiger partial charge in [-0.05, 0) is 44.7 Å². The summed E-state index contributed by atoms with van der Waals surface area (Å²) in [5.74, 6) is -0.158. The maximum Gasteiger partial charge on any atom is 0.240 e. The van der Waals surface area contributed by atoms with Crippen LogP contribution in [0.4, 0.5) is 0 Å². The van der Waals surface area contributed by atoms with Gasteiger partial charge in [-0.2, -0.15) is 4.72 Å². The number of piperidine rings is 1. The Morgan fingerprint density at radius 1 is 1.30 bits per heavy atom. The van der Waals surface area contributed by atoms with Crippen molar-refractivity contribution < 1.29 is 13.2 Å². The molecule has 0 aromatic heterocycles. The van der Waals surface area contributed by atoms with E-state index in [-0.39, 0.29) is 11.9 Å². The van der Waals surface area contributed by atoms with E-state index < -0.39 is 16.1 Å². The van der Waals surface area contributed by atoms with Gasteiger partial charge in [-0.3, -0.25) is 4.79 Å². The molecule has 5 nitrogen and oxygen atoms in total. The Labute approximate surface area is 138 Å². The smallest absolute Gasteiger partial charge is 0.240 e. The minimum Gasteiger partial charge on any atom is -0.339 e. The molecule has 1 N–H and O–H groups in total. The summed E-state index contributed by atoms with van der Waals surface area (Å²) < 4.78 is 26.7. The van der Waals surface area contributed by atoms with Gasteiger partial charge in [0.1, 0.15) is 0 Å². The first kappa shape index (κ1) is 17.7. The maximum atomic E-state index is 12.4. The first-order chi connectivity index (χ1) is 10.9. The fourth-order valence-corrected chi connectivity index (χ4v) is 3.75. The average molecular weight is 336 g/mol. The summed E-state index contributed by atoms with van der Waals surface area (Å²) in [6, 6.07) is 8.58. The van der Waals surface area contributed by atoms with Crippen LogP contribution in [0.15, 0.2) is 35.7 Å². The number of hydrogen-bond donors (Lipinski definition) is 1. The zero-order chi connectivity index (χ0) is 16.9. The molecular weight excluding hydrogens is 312 g/mol. The lowest BCUT2D eigenvalue weighted by atomic mass is 10.0. The summed E-state index contributed by atoms with van der Waals surface area (Å²) in [7, 11) is -3.66. The first-order valence-corrected chi connectivity index (χ1v) is 9.49. The number of benzene rings is 1. The summed E-state index contributed by atoms with van der Waals surface area (Å²) in [6.07, 6.45) is 4.58. The van der Waals surface area contributed by atoms with Crippen LogP contribution in [0, 0.1) is 0 Å². The van der Waals surface area contributed by atoms with Gasteiger partial charge in [-0.25, -0.2) is 8.42 Å². The SMILES string of the molecule is CC(NS(=O)(=O)/C=C/c1ccccc1)C(=O)N1CCCCC1C. The van der Waals surface area contributed by atoms with Crippen molar-refractivity contribution in [3.8, 4) is 0 Å². The van der Waals surface area contributed by atoms with E-state index in [4.69, 9.17) is 0 Å². The number of amides is 1. The molecule has 1 amide bonds. The van der Waals surface area contributed by atoms with Gasteiger partial charge in [-0.15, -0.1) is 0 Å². The van der Waals surface area contributed by atoms with Gasteiger partial charge in [0.2, 0.25) is 15.9 Å². The number of likely N-dealkylation sites (tertiary alicyclic amines) is 1. The number of hydrogen-bond acceptors (Lipinski definition) is 3. The summed E-state index contributed by atoms with van der Waals surface area (Å²) in [5.41, 5.74) is 0.793. The molecule has 1 aliphatic heterocycles. The molecule has 0 saturated carbocycles. The van der Waals surface area contributed by atoms with E-state index in [0.717, 1.165) is 30.2 Å². The Bertz CT molecular complexity index is 656. The van der Waals surface area contributed by atoms with E-state index in [1.54, 1.807) is 11.8 Å². The predicted molar refractivity (Wildman–Crippen MR) is 92.0 cm³/mol. The largest absolute Gasteiger partial charge is 0.339 e. The Morgan fingerprint density at radius 2 is 2.00 bits per heavy atom. The minimum atomic E-state index is -3.66. The van der Waals surface area contributed by atoms with Crippen molar-refractivity contribution in [1.29, 1.82) is 0 Å². The van der Waals surface area contributed by atoms with E-state index in [1.165, 1.54) is 6.08 Å². The number of sulfonamides is 1. The zero-order valence-electron chi connectivity index (χ0n) is 13.6. The second kappa shape index (κ2) is 7.75. The van der Waals surface area contributed by atoms with Crippen LogP contribution in [-0.4, -0.2) is 37.9 Å². The maximum absolute atomic E-state index is 12.4. The van der Waals surface area contributed by atoms with E-state index in [2.05, 4.69) is 4.72 Å². The molecule has 126 valence electrons. The second-order valence-corrected chi connectivity index (χ2v) is 7.57. The molecule has 23 heavy (non-hydrogen) atoms. The van der Waals surface area contributed by atoms with Crippen LogP contribution in [0.3, 0.4) is 0 Å². The van der Waals surface area contributed by atoms with Gasteiger partial charge in [0.15, 0.2) is 0 Å². The number of carbonyl (C=O) groups is 1. The number of rotatable bonds is 5. The second-order valence-electron chi connectivity index (χ2n) is 5.97. The molecule has 1 aromatic carbocycles. The molecule has 2 unspecified atom stereocenters. The Hall–Kier alpha value is -1.66. The Balaban J connectivity index is 1.99. The van der Waals surface area contributed by atoms with E-state index in [1.807, 2.05) is 37.3 Å². The van der Waals surface area contributed by atoms with Crippen molar-refractivity contribution in [2.24, 2.45) is 0 Å². The molecule has 1 aromatic rings. The first-order valence-electron chi connectivity index (χ1n) is 7.95. The standard InChI is InChI=1S/C17H24N2O3S/c1-14-8-6-7-12-19(14)17(20)15(2)18-23(21,22)13-11-16-9-4-3-5-10-16/h3-5,9-11,13-15,18H,6-8,12H2,1-2H3/b13-11+. The summed E-state index contributed by atoms with van der Waals surface area (Å²) in [5, 5.41) is 1.10. The third-order valence-corrected chi connectivity index (χ3v) is 5.21. The highest BCUT2D eigenvalue weighted by Crippen LogP contribution is 2.17. The van der Waals surface area contributed by atoms with Gasteiger partial charge < -0.3 is 4.90 Å². The van der Waals surface area contributed by atoms with Crippen LogP contribution in [0.5, 0.6) is 0 Å². The van der Waals surface area contributed by atoms with Crippen molar-refractivity contribution in [3.63, 3.8) is 0 Å². The highest BCUT2D eigenvalue weighted by atomic mass is 32.2. The summed E-state index contributed by atoms with van der Waals surface area (Å²) in [4.78, 5) is 14.2. The molecule has 1 fully saturated rings. The summed E-state index contributed by atoms with van der Waals surface area (Å²) in [6.45, 7) is 4.30. The lowest BCUT2D eigenvalue weighted by Gasteiger charge is -2.35. The predicted octanol–water partition coefficient (Wildman–Crippen LogP) is 2.37. The fourth-order valence-electron chi connectivity index (χ4n) is 2.74. The summed E-state index contributed by atoms with van der Waals surface area (Å²) >= 11 is 0. The number of carbonyl (C=O) groups excluding carboxylic acids is 1. The molecule has 1 aliphatic rings. The topological polar surface area (TPSA) is 66.5 Å². The van der Waals surface area contributed by atoms with Crippen LogP contribution in [0.2, 0.25) is 0 Å². The molecule has 2 atom stereocenters. The number of nitrogens with one attached hydrogen (secondary N) is 1. The van der Waals surface area contributed by atoms with Crippen LogP contribution in [0.1, 0.15) is 38.7 Å². The highest BCUT2D eigenvalue weighted by Gasteiger charge is 2.28. The van der Waals surface area contributed by atoms with Crippen LogP contribution in [-0.2, 0) is 14.8 Å². The molecule has 0 bridgehead atoms. The lowest BCUT2D eigenvalue weighted by Crippen LogP contribution is -2.51. The molecule has 1 saturated heterocycles. The normalized spacial score (nSPS) is 20.6. The van der Waals surface area contributed by atoms with Crippen molar-refractivity contribution in [1.82, 2.24) is 9.62 Å². The molecule has 2 rings (SSSR count). The van der Waals surface area contributed by atoms with Crippen LogP contribution >= 0.6 is 0 Å². The molecule has 0 spiro atoms. The quantitative estimate of drug-likeness (QED) is 0.898. The van der Waals surface area contributed by atoms with E-state index in [0.29, 0.717) is 6.54 Å². The van der Waals surface area contributed by atoms with Gasteiger partial charge in [0, 0.05) is 18.0 Å².